The number of halogens is 1. The van der Waals surface area contributed by atoms with Crippen molar-refractivity contribution in [2.75, 3.05) is 4.31 Å². The Hall–Kier alpha value is -2.84. The maximum absolute atomic E-state index is 13.5. The van der Waals surface area contributed by atoms with Crippen molar-refractivity contribution in [1.82, 2.24) is 14.9 Å². The van der Waals surface area contributed by atoms with Crippen LogP contribution in [0, 0.1) is 0 Å². The number of imidazole rings is 1. The average molecular weight is 459 g/mol. The maximum atomic E-state index is 13.5. The van der Waals surface area contributed by atoms with Crippen LogP contribution in [-0.2, 0) is 23.6 Å². The van der Waals surface area contributed by atoms with Crippen LogP contribution in [0.2, 0.25) is 5.02 Å². The highest BCUT2D eigenvalue weighted by Crippen LogP contribution is 2.27. The number of hydrogen-bond donors (Lipinski definition) is 1. The molecule has 3 aromatic rings. The minimum Gasteiger partial charge on any atom is -0.349 e. The van der Waals surface area contributed by atoms with Gasteiger partial charge in [0.05, 0.1) is 18.6 Å². The summed E-state index contributed by atoms with van der Waals surface area (Å²) in [5.41, 5.74) is 1.57. The van der Waals surface area contributed by atoms with Gasteiger partial charge in [0.2, 0.25) is 0 Å². The lowest BCUT2D eigenvalue weighted by Gasteiger charge is -2.27. The number of carbonyl (C=O) groups excluding carboxylic acids is 1. The molecule has 1 fully saturated rings. The average Bonchev–Trinajstić information content (AvgIpc) is 3.17. The Morgan fingerprint density at radius 2 is 1.97 bits per heavy atom. The lowest BCUT2D eigenvalue weighted by molar-refractivity contribution is 0.0917. The molecule has 4 rings (SSSR count). The number of aryl methyl sites for hydroxylation is 1. The first-order chi connectivity index (χ1) is 14.8. The molecule has 0 saturated heterocycles. The summed E-state index contributed by atoms with van der Waals surface area (Å²) in [4.78, 5) is 16.7. The summed E-state index contributed by atoms with van der Waals surface area (Å²) in [5, 5.41) is 3.50. The number of hydrogen-bond acceptors (Lipinski definition) is 4. The minimum absolute atomic E-state index is 0.0618. The van der Waals surface area contributed by atoms with E-state index in [2.05, 4.69) is 10.3 Å². The third kappa shape index (κ3) is 4.75. The summed E-state index contributed by atoms with van der Waals surface area (Å²) in [6.45, 7) is 0.0732. The van der Waals surface area contributed by atoms with Gasteiger partial charge in [0.25, 0.3) is 15.9 Å². The minimum atomic E-state index is -3.96. The van der Waals surface area contributed by atoms with Crippen molar-refractivity contribution in [3.63, 3.8) is 0 Å². The van der Waals surface area contributed by atoms with Gasteiger partial charge in [-0.05, 0) is 55.2 Å². The standard InChI is InChI=1S/C22H23ClN4O3S/c1-26-14-21(24-15-26)31(29,30)27(13-16-8-10-18(23)11-9-16)20-7-2-4-17(12-20)22(28)25-19-5-3-6-19/h2,4,7-12,14-15,19H,3,5-6,13H2,1H3,(H,25,28). The summed E-state index contributed by atoms with van der Waals surface area (Å²) in [6, 6.07) is 13.8. The van der Waals surface area contributed by atoms with Crippen LogP contribution in [0.25, 0.3) is 0 Å². The van der Waals surface area contributed by atoms with Crippen molar-refractivity contribution in [3.8, 4) is 0 Å². The Kier molecular flexibility index (Phi) is 6.02. The highest BCUT2D eigenvalue weighted by Gasteiger charge is 2.28. The Labute approximate surface area is 186 Å². The number of nitrogens with one attached hydrogen (secondary N) is 1. The van der Waals surface area contributed by atoms with E-state index >= 15 is 0 Å². The molecule has 1 aliphatic carbocycles. The van der Waals surface area contributed by atoms with E-state index in [1.807, 2.05) is 0 Å². The molecule has 1 saturated carbocycles. The molecule has 9 heteroatoms. The van der Waals surface area contributed by atoms with Gasteiger partial charge >= 0.3 is 0 Å². The molecule has 0 spiro atoms. The molecule has 2 aromatic carbocycles. The highest BCUT2D eigenvalue weighted by atomic mass is 35.5. The van der Waals surface area contributed by atoms with E-state index < -0.39 is 10.0 Å². The van der Waals surface area contributed by atoms with Crippen LogP contribution in [-0.4, -0.2) is 29.9 Å². The largest absolute Gasteiger partial charge is 0.349 e. The van der Waals surface area contributed by atoms with Crippen LogP contribution < -0.4 is 9.62 Å². The number of sulfonamides is 1. The topological polar surface area (TPSA) is 84.3 Å². The lowest BCUT2D eigenvalue weighted by atomic mass is 9.93. The van der Waals surface area contributed by atoms with Gasteiger partial charge in [0.1, 0.15) is 0 Å². The Morgan fingerprint density at radius 3 is 2.58 bits per heavy atom. The maximum Gasteiger partial charge on any atom is 0.283 e. The lowest BCUT2D eigenvalue weighted by Crippen LogP contribution is -2.39. The Balaban J connectivity index is 1.70. The van der Waals surface area contributed by atoms with Crippen molar-refractivity contribution in [1.29, 1.82) is 0 Å². The van der Waals surface area contributed by atoms with E-state index in [0.29, 0.717) is 16.3 Å². The number of benzene rings is 2. The van der Waals surface area contributed by atoms with Crippen molar-refractivity contribution >= 4 is 33.2 Å². The van der Waals surface area contributed by atoms with Crippen molar-refractivity contribution in [2.45, 2.75) is 36.9 Å². The first-order valence-electron chi connectivity index (χ1n) is 9.99. The van der Waals surface area contributed by atoms with E-state index in [4.69, 9.17) is 11.6 Å². The van der Waals surface area contributed by atoms with Crippen LogP contribution in [0.15, 0.2) is 66.1 Å². The molecule has 0 bridgehead atoms. The zero-order valence-electron chi connectivity index (χ0n) is 17.0. The summed E-state index contributed by atoms with van der Waals surface area (Å²) in [7, 11) is -2.25. The first-order valence-corrected chi connectivity index (χ1v) is 11.8. The molecule has 0 atom stereocenters. The normalized spacial score (nSPS) is 14.1. The Morgan fingerprint density at radius 1 is 1.23 bits per heavy atom. The molecule has 1 heterocycles. The molecule has 31 heavy (non-hydrogen) atoms. The molecule has 1 N–H and O–H groups in total. The second-order valence-electron chi connectivity index (χ2n) is 7.67. The van der Waals surface area contributed by atoms with Crippen LogP contribution >= 0.6 is 11.6 Å². The number of carbonyl (C=O) groups is 1. The highest BCUT2D eigenvalue weighted by molar-refractivity contribution is 7.92. The fourth-order valence-corrected chi connectivity index (χ4v) is 4.87. The fourth-order valence-electron chi connectivity index (χ4n) is 3.33. The van der Waals surface area contributed by atoms with E-state index in [1.54, 1.807) is 60.1 Å². The van der Waals surface area contributed by atoms with E-state index in [0.717, 1.165) is 24.8 Å². The summed E-state index contributed by atoms with van der Waals surface area (Å²) in [5.74, 6) is -0.201. The van der Waals surface area contributed by atoms with Gasteiger partial charge in [-0.25, -0.2) is 4.98 Å². The SMILES string of the molecule is Cn1cnc(S(=O)(=O)N(Cc2ccc(Cl)cc2)c2cccc(C(=O)NC3CCC3)c2)c1. The van der Waals surface area contributed by atoms with Crippen molar-refractivity contribution < 1.29 is 13.2 Å². The van der Waals surface area contributed by atoms with Crippen LogP contribution in [0.3, 0.4) is 0 Å². The molecule has 0 radical (unpaired) electrons. The van der Waals surface area contributed by atoms with Gasteiger partial charge < -0.3 is 9.88 Å². The zero-order valence-corrected chi connectivity index (χ0v) is 18.6. The molecule has 0 aliphatic heterocycles. The number of anilines is 1. The van der Waals surface area contributed by atoms with E-state index in [1.165, 1.54) is 16.8 Å². The van der Waals surface area contributed by atoms with Gasteiger partial charge in [0, 0.05) is 29.9 Å². The fraction of sp³-hybridized carbons (Fsp3) is 0.273. The molecular weight excluding hydrogens is 436 g/mol. The van der Waals surface area contributed by atoms with Gasteiger partial charge in [-0.1, -0.05) is 29.8 Å². The Bertz CT molecular complexity index is 1190. The third-order valence-corrected chi connectivity index (χ3v) is 7.22. The summed E-state index contributed by atoms with van der Waals surface area (Å²) >= 11 is 5.98. The second kappa shape index (κ2) is 8.72. The molecule has 1 aromatic heterocycles. The van der Waals surface area contributed by atoms with E-state index in [9.17, 15) is 13.2 Å². The second-order valence-corrected chi connectivity index (χ2v) is 9.91. The van der Waals surface area contributed by atoms with Gasteiger partial charge in [0.15, 0.2) is 5.03 Å². The number of rotatable bonds is 7. The zero-order chi connectivity index (χ0) is 22.0. The predicted octanol–water partition coefficient (Wildman–Crippen LogP) is 3.75. The number of nitrogens with zero attached hydrogens (tertiary/aromatic N) is 3. The predicted molar refractivity (Wildman–Crippen MR) is 120 cm³/mol. The van der Waals surface area contributed by atoms with Gasteiger partial charge in [-0.3, -0.25) is 9.10 Å². The quantitative estimate of drug-likeness (QED) is 0.584. The number of amides is 1. The van der Waals surface area contributed by atoms with Gasteiger partial charge in [-0.15, -0.1) is 0 Å². The monoisotopic (exact) mass is 458 g/mol. The molecule has 0 unspecified atom stereocenters. The van der Waals surface area contributed by atoms with Crippen molar-refractivity contribution in [3.05, 3.63) is 77.2 Å². The third-order valence-electron chi connectivity index (χ3n) is 5.31. The van der Waals surface area contributed by atoms with Crippen LogP contribution in [0.1, 0.15) is 35.2 Å². The number of aromatic nitrogens is 2. The molecule has 7 nitrogen and oxygen atoms in total. The summed E-state index contributed by atoms with van der Waals surface area (Å²) < 4.78 is 29.8. The van der Waals surface area contributed by atoms with Crippen molar-refractivity contribution in [2.24, 2.45) is 7.05 Å². The van der Waals surface area contributed by atoms with Crippen LogP contribution in [0.5, 0.6) is 0 Å². The van der Waals surface area contributed by atoms with Crippen LogP contribution in [0.4, 0.5) is 5.69 Å². The first kappa shape index (κ1) is 21.4. The van der Waals surface area contributed by atoms with E-state index in [-0.39, 0.29) is 23.5 Å². The summed E-state index contributed by atoms with van der Waals surface area (Å²) in [6.07, 6.45) is 5.96. The molecule has 162 valence electrons. The smallest absolute Gasteiger partial charge is 0.283 e. The molecule has 1 aliphatic rings. The molecular formula is C22H23ClN4O3S. The van der Waals surface area contributed by atoms with Gasteiger partial charge in [-0.2, -0.15) is 8.42 Å². The molecule has 1 amide bonds.